The third kappa shape index (κ3) is 22.8. The van der Waals surface area contributed by atoms with E-state index in [4.69, 9.17) is 19.6 Å². The zero-order valence-corrected chi connectivity index (χ0v) is 8.71. The number of rotatable bonds is 2. The SMILES string of the molecule is O=P(O)(O)OP(=O)(O)O.[Mn][Fe].[NaH]. The van der Waals surface area contributed by atoms with Crippen LogP contribution in [0.15, 0.2) is 0 Å². The van der Waals surface area contributed by atoms with Crippen molar-refractivity contribution in [1.82, 2.24) is 0 Å². The molecule has 0 aliphatic carbocycles. The summed E-state index contributed by atoms with van der Waals surface area (Å²) in [5.74, 6) is 0. The van der Waals surface area contributed by atoms with Gasteiger partial charge in [0.25, 0.3) is 0 Å². The van der Waals surface area contributed by atoms with Crippen molar-refractivity contribution in [3.63, 3.8) is 0 Å². The average Bonchev–Trinajstić information content (AvgIpc) is 1.60. The van der Waals surface area contributed by atoms with Crippen molar-refractivity contribution in [3.05, 3.63) is 0 Å². The molecular formula is H5FeMnNaO7P2. The van der Waals surface area contributed by atoms with Gasteiger partial charge in [-0.1, -0.05) is 0 Å². The van der Waals surface area contributed by atoms with Gasteiger partial charge >= 0.3 is 73.6 Å². The molecule has 4 N–H and O–H groups in total. The Labute approximate surface area is 106 Å². The van der Waals surface area contributed by atoms with Crippen LogP contribution in [-0.2, 0) is 41.8 Å². The van der Waals surface area contributed by atoms with Crippen LogP contribution in [0, 0.1) is 0 Å². The zero-order valence-electron chi connectivity index (χ0n) is 4.64. The first-order valence-corrected chi connectivity index (χ1v) is 6.86. The summed E-state index contributed by atoms with van der Waals surface area (Å²) < 4.78 is 22.2. The van der Waals surface area contributed by atoms with Crippen LogP contribution in [0.4, 0.5) is 0 Å². The molecule has 7 nitrogen and oxygen atoms in total. The Morgan fingerprint density at radius 3 is 1.17 bits per heavy atom. The normalized spacial score (nSPS) is 10.8. The standard InChI is InChI=1S/Fe.Mn.Na.H4O7P2.H/c;;;1-8(2,3)7-9(4,5)6;/h;;;(H2,1,2,3)(H2,4,5,6);. The second kappa shape index (κ2) is 8.59. The molecule has 0 radical (unpaired) electrons. The summed E-state index contributed by atoms with van der Waals surface area (Å²) in [4.78, 5) is 31.0. The second-order valence-electron chi connectivity index (χ2n) is 1.06. The first-order valence-electron chi connectivity index (χ1n) is 1.66. The van der Waals surface area contributed by atoms with E-state index in [2.05, 4.69) is 32.7 Å². The minimum absolute atomic E-state index is 0. The van der Waals surface area contributed by atoms with Gasteiger partial charge < -0.3 is 19.6 Å². The van der Waals surface area contributed by atoms with E-state index in [1.54, 1.807) is 0 Å². The molecule has 73 valence electrons. The van der Waals surface area contributed by atoms with Gasteiger partial charge in [0.15, 0.2) is 0 Å². The summed E-state index contributed by atoms with van der Waals surface area (Å²) in [7, 11) is -10.1. The van der Waals surface area contributed by atoms with E-state index >= 15 is 0 Å². The van der Waals surface area contributed by atoms with Gasteiger partial charge in [0, 0.05) is 0 Å². The molecule has 0 saturated carbocycles. The van der Waals surface area contributed by atoms with Crippen LogP contribution in [-0.4, -0.2) is 49.1 Å². The van der Waals surface area contributed by atoms with Crippen LogP contribution in [0.5, 0.6) is 0 Å². The fraction of sp³-hybridized carbons (Fsp3) is 0. The van der Waals surface area contributed by atoms with E-state index in [1.807, 2.05) is 0 Å². The molecule has 0 atom stereocenters. The number of phosphoric acid groups is 2. The molecule has 0 heterocycles. The van der Waals surface area contributed by atoms with Crippen LogP contribution < -0.4 is 0 Å². The Morgan fingerprint density at radius 1 is 1.00 bits per heavy atom. The van der Waals surface area contributed by atoms with E-state index in [1.165, 1.54) is 0 Å². The van der Waals surface area contributed by atoms with Crippen LogP contribution in [0.3, 0.4) is 0 Å². The van der Waals surface area contributed by atoms with Crippen molar-refractivity contribution in [2.24, 2.45) is 0 Å². The molecule has 0 amide bonds. The van der Waals surface area contributed by atoms with Crippen molar-refractivity contribution >= 4 is 45.2 Å². The molecule has 0 aromatic heterocycles. The minimum atomic E-state index is -5.05. The van der Waals surface area contributed by atoms with Gasteiger partial charge in [0.05, 0.1) is 0 Å². The molecule has 12 heteroatoms. The molecule has 0 aliphatic rings. The van der Waals surface area contributed by atoms with Gasteiger partial charge in [0.1, 0.15) is 0 Å². The fourth-order valence-electron chi connectivity index (χ4n) is 0.139. The summed E-state index contributed by atoms with van der Waals surface area (Å²) in [5, 5.41) is 0. The summed E-state index contributed by atoms with van der Waals surface area (Å²) in [6, 6.07) is 0. The van der Waals surface area contributed by atoms with E-state index in [0.717, 1.165) is 0 Å². The second-order valence-corrected chi connectivity index (χ2v) is 3.68. The van der Waals surface area contributed by atoms with E-state index in [9.17, 15) is 9.13 Å². The van der Waals surface area contributed by atoms with E-state index < -0.39 is 15.6 Å². The monoisotopic (exact) mass is 313 g/mol. The molecule has 0 fully saturated rings. The molecule has 0 rings (SSSR count). The third-order valence-corrected chi connectivity index (χ3v) is 1.91. The van der Waals surface area contributed by atoms with Crippen molar-refractivity contribution in [2.45, 2.75) is 0 Å². The van der Waals surface area contributed by atoms with Crippen molar-refractivity contribution in [2.75, 3.05) is 0 Å². The first kappa shape index (κ1) is 19.8. The third-order valence-electron chi connectivity index (χ3n) is 0.213. The number of hydrogen-bond acceptors (Lipinski definition) is 3. The molecule has 0 saturated heterocycles. The average molecular weight is 313 g/mol. The van der Waals surface area contributed by atoms with Crippen LogP contribution in [0.1, 0.15) is 0 Å². The Hall–Kier alpha value is 2.30. The molecule has 0 aromatic rings. The Balaban J connectivity index is -0.000000249. The van der Waals surface area contributed by atoms with Crippen molar-refractivity contribution in [3.8, 4) is 0 Å². The molecule has 0 spiro atoms. The molecule has 0 aromatic carbocycles. The number of hydrogen-bond donors (Lipinski definition) is 4. The Kier molecular flexibility index (Phi) is 14.2. The topological polar surface area (TPSA) is 124 Å². The molecule has 0 bridgehead atoms. The van der Waals surface area contributed by atoms with Crippen molar-refractivity contribution < 1.29 is 61.4 Å². The summed E-state index contributed by atoms with van der Waals surface area (Å²) in [6.45, 7) is 0. The maximum absolute atomic E-state index is 9.63. The van der Waals surface area contributed by atoms with Gasteiger partial charge in [-0.15, -0.1) is 0 Å². The molecule has 12 heavy (non-hydrogen) atoms. The van der Waals surface area contributed by atoms with Crippen LogP contribution >= 0.6 is 15.6 Å². The predicted octanol–water partition coefficient (Wildman–Crippen LogP) is -1.47. The van der Waals surface area contributed by atoms with Gasteiger partial charge in [0.2, 0.25) is 0 Å². The summed E-state index contributed by atoms with van der Waals surface area (Å²) in [6.07, 6.45) is 0. The van der Waals surface area contributed by atoms with Gasteiger partial charge in [-0.3, -0.25) is 0 Å². The molecular weight excluding hydrogens is 308 g/mol. The predicted molar refractivity (Wildman–Crippen MR) is 32.3 cm³/mol. The van der Waals surface area contributed by atoms with Crippen LogP contribution in [0.25, 0.3) is 0 Å². The van der Waals surface area contributed by atoms with Crippen molar-refractivity contribution in [1.29, 1.82) is 0 Å². The van der Waals surface area contributed by atoms with E-state index in [0.29, 0.717) is 0 Å². The molecule has 0 unspecified atom stereocenters. The van der Waals surface area contributed by atoms with Gasteiger partial charge in [-0.05, 0) is 0 Å². The summed E-state index contributed by atoms with van der Waals surface area (Å²) in [5.41, 5.74) is 0. The van der Waals surface area contributed by atoms with Gasteiger partial charge in [-0.25, -0.2) is 9.13 Å². The maximum atomic E-state index is 9.63. The van der Waals surface area contributed by atoms with Gasteiger partial charge in [-0.2, -0.15) is 4.31 Å². The first-order chi connectivity index (χ1) is 4.71. The Morgan fingerprint density at radius 2 is 1.17 bits per heavy atom. The van der Waals surface area contributed by atoms with Crippen LogP contribution in [0.2, 0.25) is 0 Å². The fourth-order valence-corrected chi connectivity index (χ4v) is 1.25. The summed E-state index contributed by atoms with van der Waals surface area (Å²) >= 11 is 5.75. The quantitative estimate of drug-likeness (QED) is 0.362. The zero-order chi connectivity index (χ0) is 9.71. The van der Waals surface area contributed by atoms with E-state index in [-0.39, 0.29) is 29.6 Å². The molecule has 0 aliphatic heterocycles. The Bertz CT molecular complexity index is 162.